The van der Waals surface area contributed by atoms with E-state index in [9.17, 15) is 14.4 Å². The van der Waals surface area contributed by atoms with E-state index < -0.39 is 29.6 Å². The van der Waals surface area contributed by atoms with Crippen LogP contribution in [0, 0.1) is 0 Å². The maximum absolute atomic E-state index is 12.4. The maximum Gasteiger partial charge on any atom is 0.408 e. The van der Waals surface area contributed by atoms with Gasteiger partial charge in [0.2, 0.25) is 5.91 Å². The normalized spacial score (nSPS) is 12.8. The van der Waals surface area contributed by atoms with Crippen LogP contribution in [0.4, 0.5) is 4.79 Å². The summed E-state index contributed by atoms with van der Waals surface area (Å²) in [6, 6.07) is 12.6. The van der Waals surface area contributed by atoms with Gasteiger partial charge in [-0.2, -0.15) is 0 Å². The molecule has 0 radical (unpaired) electrons. The van der Waals surface area contributed by atoms with Crippen molar-refractivity contribution in [3.63, 3.8) is 0 Å². The second-order valence-corrected chi connectivity index (χ2v) is 8.06. The highest BCUT2D eigenvalue weighted by Gasteiger charge is 2.26. The Morgan fingerprint density at radius 2 is 1.74 bits per heavy atom. The molecule has 0 saturated carbocycles. The first-order valence-electron chi connectivity index (χ1n) is 9.82. The molecule has 0 aliphatic heterocycles. The number of benzene rings is 2. The number of rotatable bonds is 8. The number of hydrogen-bond acceptors (Lipinski definition) is 6. The number of oxime groups is 1. The first kappa shape index (κ1) is 23.7. The molecule has 0 spiro atoms. The summed E-state index contributed by atoms with van der Waals surface area (Å²) < 4.78 is 5.13. The molecule has 0 unspecified atom stereocenters. The Morgan fingerprint density at radius 3 is 2.39 bits per heavy atom. The van der Waals surface area contributed by atoms with Crippen molar-refractivity contribution in [2.24, 2.45) is 16.6 Å². The SMILES string of the molecule is CC(C)(C)OC(=O)N[C@@H](CCC(N)=O)C(=O)O/N=C(\N)Cc1ccc2ccccc2c1. The molecule has 0 aromatic heterocycles. The van der Waals surface area contributed by atoms with Crippen LogP contribution in [0.5, 0.6) is 0 Å². The van der Waals surface area contributed by atoms with Crippen molar-refractivity contribution in [2.75, 3.05) is 0 Å². The van der Waals surface area contributed by atoms with Crippen LogP contribution in [-0.4, -0.2) is 35.4 Å². The van der Waals surface area contributed by atoms with Crippen LogP contribution in [0.15, 0.2) is 47.6 Å². The summed E-state index contributed by atoms with van der Waals surface area (Å²) in [4.78, 5) is 40.3. The summed E-state index contributed by atoms with van der Waals surface area (Å²) in [7, 11) is 0. The van der Waals surface area contributed by atoms with Crippen molar-refractivity contribution in [3.8, 4) is 0 Å². The molecule has 9 heteroatoms. The van der Waals surface area contributed by atoms with E-state index >= 15 is 0 Å². The fourth-order valence-electron chi connectivity index (χ4n) is 2.74. The number of primary amides is 1. The molecule has 2 rings (SSSR count). The standard InChI is InChI=1S/C22H28N4O5/c1-22(2,3)30-21(29)25-17(10-11-19(24)27)20(28)31-26-18(23)13-14-8-9-15-6-4-5-7-16(15)12-14/h4-9,12,17H,10-11,13H2,1-3H3,(H2,23,26)(H2,24,27)(H,25,29)/t17-/m0/s1. The fourth-order valence-corrected chi connectivity index (χ4v) is 2.74. The molecule has 31 heavy (non-hydrogen) atoms. The minimum atomic E-state index is -1.17. The van der Waals surface area contributed by atoms with E-state index in [0.717, 1.165) is 16.3 Å². The van der Waals surface area contributed by atoms with Crippen LogP contribution in [0.1, 0.15) is 39.2 Å². The van der Waals surface area contributed by atoms with Crippen molar-refractivity contribution in [1.82, 2.24) is 5.32 Å². The molecule has 5 N–H and O–H groups in total. The van der Waals surface area contributed by atoms with Gasteiger partial charge in [-0.25, -0.2) is 9.59 Å². The number of amidine groups is 1. The third-order valence-corrected chi connectivity index (χ3v) is 4.11. The van der Waals surface area contributed by atoms with E-state index in [1.807, 2.05) is 42.5 Å². The Kier molecular flexibility index (Phi) is 7.95. The average molecular weight is 428 g/mol. The summed E-state index contributed by atoms with van der Waals surface area (Å²) in [5.41, 5.74) is 11.2. The van der Waals surface area contributed by atoms with E-state index in [1.165, 1.54) is 0 Å². The third-order valence-electron chi connectivity index (χ3n) is 4.11. The molecular weight excluding hydrogens is 400 g/mol. The number of carbonyl (C=O) groups excluding carboxylic acids is 3. The van der Waals surface area contributed by atoms with Crippen LogP contribution < -0.4 is 16.8 Å². The Labute approximate surface area is 180 Å². The molecular formula is C22H28N4O5. The molecule has 0 aliphatic carbocycles. The van der Waals surface area contributed by atoms with Gasteiger partial charge in [0, 0.05) is 12.8 Å². The second kappa shape index (κ2) is 10.4. The topological polar surface area (TPSA) is 146 Å². The van der Waals surface area contributed by atoms with Crippen molar-refractivity contribution < 1.29 is 24.0 Å². The number of nitrogens with zero attached hydrogens (tertiary/aromatic N) is 1. The lowest BCUT2D eigenvalue weighted by Crippen LogP contribution is -2.44. The lowest BCUT2D eigenvalue weighted by molar-refractivity contribution is -0.146. The molecule has 166 valence electrons. The molecule has 2 aromatic rings. The average Bonchev–Trinajstić information content (AvgIpc) is 2.67. The highest BCUT2D eigenvalue weighted by molar-refractivity contribution is 5.88. The molecule has 9 nitrogen and oxygen atoms in total. The number of amides is 2. The lowest BCUT2D eigenvalue weighted by atomic mass is 10.1. The first-order valence-corrected chi connectivity index (χ1v) is 9.82. The Balaban J connectivity index is 2.01. The number of fused-ring (bicyclic) bond motifs is 1. The zero-order chi connectivity index (χ0) is 23.0. The van der Waals surface area contributed by atoms with Gasteiger partial charge in [0.1, 0.15) is 17.5 Å². The molecule has 1 atom stereocenters. The van der Waals surface area contributed by atoms with E-state index in [-0.39, 0.29) is 25.1 Å². The van der Waals surface area contributed by atoms with E-state index in [1.54, 1.807) is 20.8 Å². The summed E-state index contributed by atoms with van der Waals surface area (Å²) >= 11 is 0. The summed E-state index contributed by atoms with van der Waals surface area (Å²) in [5, 5.41) is 8.18. The predicted molar refractivity (Wildman–Crippen MR) is 117 cm³/mol. The predicted octanol–water partition coefficient (Wildman–Crippen LogP) is 2.36. The quantitative estimate of drug-likeness (QED) is 0.255. The van der Waals surface area contributed by atoms with Crippen LogP contribution >= 0.6 is 0 Å². The van der Waals surface area contributed by atoms with Gasteiger partial charge in [0.25, 0.3) is 0 Å². The highest BCUT2D eigenvalue weighted by atomic mass is 16.7. The van der Waals surface area contributed by atoms with Crippen LogP contribution in [0.2, 0.25) is 0 Å². The Morgan fingerprint density at radius 1 is 1.06 bits per heavy atom. The van der Waals surface area contributed by atoms with Crippen LogP contribution in [0.25, 0.3) is 10.8 Å². The third kappa shape index (κ3) is 8.33. The van der Waals surface area contributed by atoms with Gasteiger partial charge in [-0.05, 0) is 43.5 Å². The zero-order valence-electron chi connectivity index (χ0n) is 17.9. The summed E-state index contributed by atoms with van der Waals surface area (Å²) in [6.07, 6.45) is -0.754. The summed E-state index contributed by atoms with van der Waals surface area (Å²) in [6.45, 7) is 5.04. The van der Waals surface area contributed by atoms with Crippen molar-refractivity contribution in [1.29, 1.82) is 0 Å². The number of hydrogen-bond donors (Lipinski definition) is 3. The molecule has 0 fully saturated rings. The number of nitrogens with one attached hydrogen (secondary N) is 1. The molecule has 2 amide bonds. The molecule has 0 aliphatic rings. The molecule has 0 heterocycles. The lowest BCUT2D eigenvalue weighted by Gasteiger charge is -2.22. The van der Waals surface area contributed by atoms with Gasteiger partial charge in [-0.3, -0.25) is 4.79 Å². The first-order chi connectivity index (χ1) is 14.5. The van der Waals surface area contributed by atoms with Gasteiger partial charge in [0.05, 0.1) is 0 Å². The van der Waals surface area contributed by atoms with Gasteiger partial charge < -0.3 is 26.4 Å². The molecule has 0 saturated heterocycles. The minimum absolute atomic E-state index is 0.0620. The monoisotopic (exact) mass is 428 g/mol. The van der Waals surface area contributed by atoms with E-state index in [0.29, 0.717) is 0 Å². The van der Waals surface area contributed by atoms with Gasteiger partial charge in [0.15, 0.2) is 0 Å². The number of ether oxygens (including phenoxy) is 1. The second-order valence-electron chi connectivity index (χ2n) is 8.06. The van der Waals surface area contributed by atoms with E-state index in [4.69, 9.17) is 21.0 Å². The number of alkyl carbamates (subject to hydrolysis) is 1. The van der Waals surface area contributed by atoms with Crippen LogP contribution in [-0.2, 0) is 25.6 Å². The summed E-state index contributed by atoms with van der Waals surface area (Å²) in [5.74, 6) is -1.42. The Bertz CT molecular complexity index is 981. The number of nitrogens with two attached hydrogens (primary N) is 2. The fraction of sp³-hybridized carbons (Fsp3) is 0.364. The zero-order valence-corrected chi connectivity index (χ0v) is 17.9. The molecule has 0 bridgehead atoms. The van der Waals surface area contributed by atoms with E-state index in [2.05, 4.69) is 10.5 Å². The van der Waals surface area contributed by atoms with Gasteiger partial charge >= 0.3 is 12.1 Å². The van der Waals surface area contributed by atoms with Crippen molar-refractivity contribution in [2.45, 2.75) is 51.7 Å². The smallest absolute Gasteiger partial charge is 0.408 e. The number of carbonyl (C=O) groups is 3. The largest absolute Gasteiger partial charge is 0.444 e. The minimum Gasteiger partial charge on any atom is -0.444 e. The van der Waals surface area contributed by atoms with Gasteiger partial charge in [-0.15, -0.1) is 0 Å². The van der Waals surface area contributed by atoms with Crippen LogP contribution in [0.3, 0.4) is 0 Å². The van der Waals surface area contributed by atoms with Crippen molar-refractivity contribution in [3.05, 3.63) is 48.0 Å². The Hall–Kier alpha value is -3.62. The van der Waals surface area contributed by atoms with Gasteiger partial charge in [-0.1, -0.05) is 47.6 Å². The highest BCUT2D eigenvalue weighted by Crippen LogP contribution is 2.16. The van der Waals surface area contributed by atoms with Crippen molar-refractivity contribution >= 4 is 34.6 Å². The molecule has 2 aromatic carbocycles. The maximum atomic E-state index is 12.4.